The Morgan fingerprint density at radius 2 is 1.65 bits per heavy atom. The molecule has 5 aromatic rings. The van der Waals surface area contributed by atoms with E-state index in [4.69, 9.17) is 8.85 Å². The molecule has 1 fully saturated rings. The molecule has 0 bridgehead atoms. The van der Waals surface area contributed by atoms with E-state index in [9.17, 15) is 32.2 Å². The molecule has 2 heterocycles. The summed E-state index contributed by atoms with van der Waals surface area (Å²) in [5, 5.41) is -0.0624. The molecule has 272 valence electrons. The molecule has 0 aliphatic carbocycles. The van der Waals surface area contributed by atoms with Crippen molar-refractivity contribution in [3.05, 3.63) is 136 Å². The monoisotopic (exact) mass is 742 g/mol. The van der Waals surface area contributed by atoms with Gasteiger partial charge in [-0.15, -0.1) is 11.8 Å². The number of rotatable bonds is 12. The van der Waals surface area contributed by atoms with Crippen molar-refractivity contribution in [3.63, 3.8) is 0 Å². The summed E-state index contributed by atoms with van der Waals surface area (Å²) < 4.78 is 134. The number of alkyl halides is 3. The molecule has 6 nitrogen and oxygen atoms in total. The summed E-state index contributed by atoms with van der Waals surface area (Å²) in [4.78, 5) is 31.0. The van der Waals surface area contributed by atoms with Crippen molar-refractivity contribution in [1.82, 2.24) is 14.4 Å². The first-order valence-electron chi connectivity index (χ1n) is 19.9. The molecule has 0 atom stereocenters. The second-order valence-corrected chi connectivity index (χ2v) is 13.2. The van der Waals surface area contributed by atoms with Crippen LogP contribution in [0.25, 0.3) is 22.0 Å². The standard InChI is InChI=1S/C40H38F5N3O3S/c1-51-22-21-46-19-17-32(18-20-46)47(24-27-9-11-28(12-10-27)29-13-15-31(16-14-29)40(43,44)45)37(50)25-48-35-8-3-2-6-33(35)36(49)23-38(48)52-26-30-5-4-7-34(41)39(30)42/h2-16,23,32H,17-22,24-26H2,1H3/i1D3,24D2,25D2. The number of fused-ring (bicyclic) bond motifs is 1. The number of pyridine rings is 1. The molecule has 0 N–H and O–H groups in total. The van der Waals surface area contributed by atoms with Crippen LogP contribution in [-0.4, -0.2) is 59.6 Å². The Hall–Kier alpha value is -4.52. The van der Waals surface area contributed by atoms with E-state index in [2.05, 4.69) is 0 Å². The van der Waals surface area contributed by atoms with Gasteiger partial charge < -0.3 is 19.1 Å². The maximum absolute atomic E-state index is 15.0. The van der Waals surface area contributed by atoms with Gasteiger partial charge in [-0.1, -0.05) is 60.7 Å². The third-order valence-corrected chi connectivity index (χ3v) is 9.88. The summed E-state index contributed by atoms with van der Waals surface area (Å²) in [6.07, 6.45) is -4.25. The Labute approximate surface area is 312 Å². The molecule has 1 saturated heterocycles. The number of likely N-dealkylation sites (tertiary alicyclic amines) is 1. The summed E-state index contributed by atoms with van der Waals surface area (Å²) in [7, 11) is -2.60. The minimum atomic E-state index is -4.54. The van der Waals surface area contributed by atoms with E-state index < -0.39 is 60.8 Å². The van der Waals surface area contributed by atoms with Gasteiger partial charge in [-0.05, 0) is 59.9 Å². The van der Waals surface area contributed by atoms with Crippen LogP contribution in [0.4, 0.5) is 22.0 Å². The first-order valence-corrected chi connectivity index (χ1v) is 17.4. The fourth-order valence-corrected chi connectivity index (χ4v) is 7.03. The van der Waals surface area contributed by atoms with Crippen LogP contribution in [0, 0.1) is 11.6 Å². The highest BCUT2D eigenvalue weighted by atomic mass is 32.2. The van der Waals surface area contributed by atoms with Gasteiger partial charge in [0, 0.05) is 62.0 Å². The molecule has 0 saturated carbocycles. The number of nitrogens with zero attached hydrogens (tertiary/aromatic N) is 3. The number of halogens is 5. The Morgan fingerprint density at radius 3 is 2.35 bits per heavy atom. The van der Waals surface area contributed by atoms with Crippen LogP contribution in [0.5, 0.6) is 0 Å². The summed E-state index contributed by atoms with van der Waals surface area (Å²) >= 11 is 0.789. The van der Waals surface area contributed by atoms with Gasteiger partial charge in [-0.2, -0.15) is 13.2 Å². The van der Waals surface area contributed by atoms with E-state index in [1.54, 1.807) is 6.07 Å². The summed E-state index contributed by atoms with van der Waals surface area (Å²) in [6, 6.07) is 19.8. The van der Waals surface area contributed by atoms with E-state index in [-0.39, 0.29) is 71.9 Å². The molecular weight excluding hydrogens is 698 g/mol. The minimum Gasteiger partial charge on any atom is -0.383 e. The highest BCUT2D eigenvalue weighted by molar-refractivity contribution is 7.98. The average molecular weight is 743 g/mol. The second-order valence-electron chi connectivity index (χ2n) is 12.2. The number of benzene rings is 4. The van der Waals surface area contributed by atoms with Crippen LogP contribution in [0.1, 0.15) is 39.1 Å². The number of para-hydroxylation sites is 1. The van der Waals surface area contributed by atoms with Crippen molar-refractivity contribution < 1.29 is 41.1 Å². The van der Waals surface area contributed by atoms with Gasteiger partial charge in [-0.3, -0.25) is 9.59 Å². The largest absolute Gasteiger partial charge is 0.416 e. The number of ether oxygens (including phenoxy) is 1. The maximum atomic E-state index is 15.0. The lowest BCUT2D eigenvalue weighted by Gasteiger charge is -2.39. The summed E-state index contributed by atoms with van der Waals surface area (Å²) in [6.45, 7) is -5.15. The number of thioether (sulfide) groups is 1. The van der Waals surface area contributed by atoms with Crippen LogP contribution in [0.15, 0.2) is 107 Å². The number of carbonyl (C=O) groups excluding carboxylic acids is 1. The van der Waals surface area contributed by atoms with Gasteiger partial charge in [0.15, 0.2) is 17.1 Å². The molecule has 0 spiro atoms. The van der Waals surface area contributed by atoms with Gasteiger partial charge in [0.25, 0.3) is 0 Å². The van der Waals surface area contributed by atoms with Crippen LogP contribution >= 0.6 is 11.8 Å². The van der Waals surface area contributed by atoms with Crippen molar-refractivity contribution in [3.8, 4) is 11.1 Å². The quantitative estimate of drug-likeness (QED) is 0.0950. The molecule has 1 amide bonds. The number of piperidine rings is 1. The normalized spacial score (nSPS) is 17.0. The molecule has 0 unspecified atom stereocenters. The lowest BCUT2D eigenvalue weighted by molar-refractivity contribution is -0.137. The Kier molecular flexibility index (Phi) is 9.16. The van der Waals surface area contributed by atoms with Crippen molar-refractivity contribution in [2.75, 3.05) is 33.3 Å². The third kappa shape index (κ3) is 8.74. The first-order chi connectivity index (χ1) is 27.7. The molecular formula is C40H38F5N3O3S. The van der Waals surface area contributed by atoms with Gasteiger partial charge in [-0.25, -0.2) is 8.78 Å². The maximum Gasteiger partial charge on any atom is 0.416 e. The zero-order valence-electron chi connectivity index (χ0n) is 34.6. The zero-order chi connectivity index (χ0) is 42.9. The van der Waals surface area contributed by atoms with E-state index in [0.717, 1.165) is 45.5 Å². The lowest BCUT2D eigenvalue weighted by Crippen LogP contribution is -2.48. The number of amides is 1. The van der Waals surface area contributed by atoms with Crippen molar-refractivity contribution in [2.45, 2.75) is 48.8 Å². The Balaban J connectivity index is 1.39. The highest BCUT2D eigenvalue weighted by Crippen LogP contribution is 2.32. The molecule has 1 aromatic heterocycles. The molecule has 1 aliphatic rings. The van der Waals surface area contributed by atoms with Crippen LogP contribution in [-0.2, 0) is 34.5 Å². The topological polar surface area (TPSA) is 54.8 Å². The zero-order valence-corrected chi connectivity index (χ0v) is 28.4. The van der Waals surface area contributed by atoms with E-state index in [1.807, 2.05) is 4.90 Å². The van der Waals surface area contributed by atoms with Crippen molar-refractivity contribution in [2.24, 2.45) is 0 Å². The highest BCUT2D eigenvalue weighted by Gasteiger charge is 2.31. The van der Waals surface area contributed by atoms with Gasteiger partial charge >= 0.3 is 6.18 Å². The molecule has 1 aliphatic heterocycles. The lowest BCUT2D eigenvalue weighted by atomic mass is 10.00. The number of hydrogen-bond acceptors (Lipinski definition) is 5. The summed E-state index contributed by atoms with van der Waals surface area (Å²) in [5.74, 6) is -3.81. The Morgan fingerprint density at radius 1 is 0.962 bits per heavy atom. The minimum absolute atomic E-state index is 0.00829. The SMILES string of the molecule is [2H]C([2H])([2H])OCCN1CCC(N(C(=O)C([2H])([2H])n2c(SCc3cccc(F)c3F)cc(=O)c3ccccc32)C([2H])([2H])c2ccc(-c3ccc(C(F)(F)F)cc3)cc2)CC1. The van der Waals surface area contributed by atoms with Crippen LogP contribution < -0.4 is 5.43 Å². The second kappa shape index (κ2) is 16.4. The molecule has 4 aromatic carbocycles. The summed E-state index contributed by atoms with van der Waals surface area (Å²) in [5.41, 5.74) is -0.655. The fourth-order valence-electron chi connectivity index (χ4n) is 6.04. The van der Waals surface area contributed by atoms with E-state index in [0.29, 0.717) is 11.1 Å². The first kappa shape index (κ1) is 29.0. The van der Waals surface area contributed by atoms with Gasteiger partial charge in [0.1, 0.15) is 6.50 Å². The van der Waals surface area contributed by atoms with Crippen LogP contribution in [0.2, 0.25) is 0 Å². The van der Waals surface area contributed by atoms with E-state index >= 15 is 4.79 Å². The van der Waals surface area contributed by atoms with Crippen molar-refractivity contribution >= 4 is 28.6 Å². The predicted octanol–water partition coefficient (Wildman–Crippen LogP) is 8.40. The smallest absolute Gasteiger partial charge is 0.383 e. The average Bonchev–Trinajstić information content (AvgIpc) is 3.18. The number of hydrogen-bond donors (Lipinski definition) is 0. The van der Waals surface area contributed by atoms with Crippen molar-refractivity contribution in [1.29, 1.82) is 0 Å². The third-order valence-electron chi connectivity index (χ3n) is 8.83. The van der Waals surface area contributed by atoms with Crippen LogP contribution in [0.3, 0.4) is 0 Å². The molecule has 6 rings (SSSR count). The number of carbonyl (C=O) groups is 1. The number of methoxy groups -OCH3 is 1. The van der Waals surface area contributed by atoms with Gasteiger partial charge in [0.2, 0.25) is 5.91 Å². The molecule has 12 heteroatoms. The fraction of sp³-hybridized carbons (Fsp3) is 0.300. The van der Waals surface area contributed by atoms with Gasteiger partial charge in [0.05, 0.1) is 32.3 Å². The predicted molar refractivity (Wildman–Crippen MR) is 193 cm³/mol. The molecule has 0 radical (unpaired) electrons. The van der Waals surface area contributed by atoms with E-state index in [1.165, 1.54) is 66.7 Å². The molecule has 52 heavy (non-hydrogen) atoms. The Bertz CT molecular complexity index is 2350. The number of aromatic nitrogens is 1.